The normalized spacial score (nSPS) is 11.7. The number of fused-ring (bicyclic) bond motifs is 1. The summed E-state index contributed by atoms with van der Waals surface area (Å²) in [5, 5.41) is 0.829. The second-order valence-electron chi connectivity index (χ2n) is 5.12. The Kier molecular flexibility index (Phi) is 5.41. The minimum atomic E-state index is 0.0863. The molecule has 2 heterocycles. The van der Waals surface area contributed by atoms with E-state index in [0.29, 0.717) is 0 Å². The SMILES string of the molecule is CCCN(CCC)Cc1cc2c(=O)n(C)cc(Br)c2s1. The van der Waals surface area contributed by atoms with E-state index in [2.05, 4.69) is 40.7 Å². The largest absolute Gasteiger partial charge is 0.317 e. The monoisotopic (exact) mass is 356 g/mol. The second kappa shape index (κ2) is 6.87. The molecule has 110 valence electrons. The van der Waals surface area contributed by atoms with Crippen molar-refractivity contribution in [2.45, 2.75) is 33.2 Å². The first-order valence-corrected chi connectivity index (χ1v) is 8.67. The van der Waals surface area contributed by atoms with Gasteiger partial charge in [-0.15, -0.1) is 11.3 Å². The number of aryl methyl sites for hydroxylation is 1. The summed E-state index contributed by atoms with van der Waals surface area (Å²) in [6.07, 6.45) is 4.17. The lowest BCUT2D eigenvalue weighted by Crippen LogP contribution is -2.24. The zero-order valence-corrected chi connectivity index (χ0v) is 14.7. The molecule has 0 unspecified atom stereocenters. The van der Waals surface area contributed by atoms with E-state index in [1.54, 1.807) is 23.0 Å². The fourth-order valence-corrected chi connectivity index (χ4v) is 4.31. The van der Waals surface area contributed by atoms with Gasteiger partial charge in [-0.05, 0) is 47.9 Å². The smallest absolute Gasteiger partial charge is 0.259 e. The molecule has 0 spiro atoms. The lowest BCUT2D eigenvalue weighted by Gasteiger charge is -2.19. The minimum Gasteiger partial charge on any atom is -0.317 e. The van der Waals surface area contributed by atoms with Crippen LogP contribution in [0.5, 0.6) is 0 Å². The number of pyridine rings is 1. The molecule has 0 amide bonds. The Labute approximate surface area is 132 Å². The average Bonchev–Trinajstić information content (AvgIpc) is 2.81. The van der Waals surface area contributed by atoms with Crippen LogP contribution in [0.3, 0.4) is 0 Å². The Morgan fingerprint density at radius 1 is 1.30 bits per heavy atom. The Morgan fingerprint density at radius 2 is 1.95 bits per heavy atom. The molecule has 0 radical (unpaired) electrons. The highest BCUT2D eigenvalue weighted by molar-refractivity contribution is 9.10. The van der Waals surface area contributed by atoms with Crippen LogP contribution in [0, 0.1) is 0 Å². The van der Waals surface area contributed by atoms with Crippen LogP contribution in [0.15, 0.2) is 21.5 Å². The number of halogens is 1. The van der Waals surface area contributed by atoms with Gasteiger partial charge in [-0.1, -0.05) is 13.8 Å². The number of thiophene rings is 1. The average molecular weight is 357 g/mol. The third-order valence-electron chi connectivity index (χ3n) is 3.32. The van der Waals surface area contributed by atoms with Crippen LogP contribution in [-0.4, -0.2) is 22.6 Å². The van der Waals surface area contributed by atoms with Crippen molar-refractivity contribution in [3.63, 3.8) is 0 Å². The van der Waals surface area contributed by atoms with Crippen molar-refractivity contribution in [2.75, 3.05) is 13.1 Å². The molecule has 2 aromatic rings. The van der Waals surface area contributed by atoms with Crippen LogP contribution < -0.4 is 5.56 Å². The van der Waals surface area contributed by atoms with Crippen LogP contribution in [0.25, 0.3) is 10.1 Å². The Morgan fingerprint density at radius 3 is 2.55 bits per heavy atom. The van der Waals surface area contributed by atoms with Crippen LogP contribution in [0.1, 0.15) is 31.6 Å². The predicted molar refractivity (Wildman–Crippen MR) is 90.6 cm³/mol. The molecular formula is C15H21BrN2OS. The lowest BCUT2D eigenvalue weighted by molar-refractivity contribution is 0.269. The molecule has 0 saturated carbocycles. The molecule has 0 N–H and O–H groups in total. The van der Waals surface area contributed by atoms with Gasteiger partial charge in [0.25, 0.3) is 5.56 Å². The molecule has 0 atom stereocenters. The molecule has 0 saturated heterocycles. The maximum atomic E-state index is 12.2. The summed E-state index contributed by atoms with van der Waals surface area (Å²) in [4.78, 5) is 15.9. The lowest BCUT2D eigenvalue weighted by atomic mass is 10.3. The number of hydrogen-bond acceptors (Lipinski definition) is 3. The van der Waals surface area contributed by atoms with E-state index in [4.69, 9.17) is 0 Å². The number of rotatable bonds is 6. The fraction of sp³-hybridized carbons (Fsp3) is 0.533. The topological polar surface area (TPSA) is 25.2 Å². The molecule has 2 aromatic heterocycles. The van der Waals surface area contributed by atoms with Crippen LogP contribution in [0.2, 0.25) is 0 Å². The van der Waals surface area contributed by atoms with Gasteiger partial charge in [0.05, 0.1) is 14.6 Å². The summed E-state index contributed by atoms with van der Waals surface area (Å²) in [5.74, 6) is 0. The molecule has 5 heteroatoms. The minimum absolute atomic E-state index is 0.0863. The third-order valence-corrected chi connectivity index (χ3v) is 5.33. The predicted octanol–water partition coefficient (Wildman–Crippen LogP) is 3.98. The molecule has 0 aromatic carbocycles. The first kappa shape index (κ1) is 15.7. The quantitative estimate of drug-likeness (QED) is 0.781. The van der Waals surface area contributed by atoms with Gasteiger partial charge in [0.15, 0.2) is 0 Å². The van der Waals surface area contributed by atoms with Crippen molar-refractivity contribution < 1.29 is 0 Å². The molecule has 0 aliphatic rings. The molecule has 3 nitrogen and oxygen atoms in total. The van der Waals surface area contributed by atoms with Crippen LogP contribution >= 0.6 is 27.3 Å². The maximum Gasteiger partial charge on any atom is 0.259 e. The first-order chi connectivity index (χ1) is 9.56. The second-order valence-corrected chi connectivity index (χ2v) is 7.12. The van der Waals surface area contributed by atoms with Crippen LogP contribution in [-0.2, 0) is 13.6 Å². The van der Waals surface area contributed by atoms with E-state index < -0.39 is 0 Å². The summed E-state index contributed by atoms with van der Waals surface area (Å²) in [5.41, 5.74) is 0.0863. The summed E-state index contributed by atoms with van der Waals surface area (Å²) in [6.45, 7) is 7.58. The summed E-state index contributed by atoms with van der Waals surface area (Å²) in [6, 6.07) is 2.06. The van der Waals surface area contributed by atoms with E-state index in [1.165, 1.54) is 4.88 Å². The number of nitrogens with zero attached hydrogens (tertiary/aromatic N) is 2. The summed E-state index contributed by atoms with van der Waals surface area (Å²) < 4.78 is 3.71. The van der Waals surface area contributed by atoms with E-state index in [1.807, 2.05) is 6.20 Å². The Hall–Kier alpha value is -0.650. The van der Waals surface area contributed by atoms with Crippen LogP contribution in [0.4, 0.5) is 0 Å². The van der Waals surface area contributed by atoms with Gasteiger partial charge in [-0.3, -0.25) is 9.69 Å². The standard InChI is InChI=1S/C15H21BrN2OS/c1-4-6-18(7-5-2)9-11-8-12-14(20-11)13(16)10-17(3)15(12)19/h8,10H,4-7,9H2,1-3H3. The van der Waals surface area contributed by atoms with Gasteiger partial charge in [0, 0.05) is 24.7 Å². The van der Waals surface area contributed by atoms with Gasteiger partial charge in [0.1, 0.15) is 0 Å². The van der Waals surface area contributed by atoms with Gasteiger partial charge in [0.2, 0.25) is 0 Å². The van der Waals surface area contributed by atoms with Gasteiger partial charge in [-0.25, -0.2) is 0 Å². The summed E-state index contributed by atoms with van der Waals surface area (Å²) >= 11 is 5.28. The molecular weight excluding hydrogens is 336 g/mol. The number of aromatic nitrogens is 1. The molecule has 20 heavy (non-hydrogen) atoms. The van der Waals surface area contributed by atoms with E-state index in [-0.39, 0.29) is 5.56 Å². The highest BCUT2D eigenvalue weighted by atomic mass is 79.9. The van der Waals surface area contributed by atoms with E-state index >= 15 is 0 Å². The number of hydrogen-bond donors (Lipinski definition) is 0. The van der Waals surface area contributed by atoms with Crippen molar-refractivity contribution >= 4 is 37.4 Å². The molecule has 0 aliphatic heterocycles. The highest BCUT2D eigenvalue weighted by Gasteiger charge is 2.12. The maximum absolute atomic E-state index is 12.2. The van der Waals surface area contributed by atoms with E-state index in [9.17, 15) is 4.79 Å². The molecule has 0 aliphatic carbocycles. The Bertz CT molecular complexity index is 641. The van der Waals surface area contributed by atoms with Crippen molar-refractivity contribution in [3.05, 3.63) is 32.0 Å². The van der Waals surface area contributed by atoms with E-state index in [0.717, 1.165) is 47.0 Å². The summed E-state index contributed by atoms with van der Waals surface area (Å²) in [7, 11) is 1.80. The molecule has 0 bridgehead atoms. The van der Waals surface area contributed by atoms with Gasteiger partial charge < -0.3 is 4.57 Å². The fourth-order valence-electron chi connectivity index (χ4n) is 2.46. The first-order valence-electron chi connectivity index (χ1n) is 7.06. The molecule has 2 rings (SSSR count). The van der Waals surface area contributed by atoms with Gasteiger partial charge >= 0.3 is 0 Å². The third kappa shape index (κ3) is 3.32. The highest BCUT2D eigenvalue weighted by Crippen LogP contribution is 2.30. The zero-order valence-electron chi connectivity index (χ0n) is 12.3. The van der Waals surface area contributed by atoms with Crippen molar-refractivity contribution in [1.82, 2.24) is 9.47 Å². The van der Waals surface area contributed by atoms with Crippen molar-refractivity contribution in [2.24, 2.45) is 7.05 Å². The zero-order chi connectivity index (χ0) is 14.7. The van der Waals surface area contributed by atoms with Crippen molar-refractivity contribution in [1.29, 1.82) is 0 Å². The van der Waals surface area contributed by atoms with Gasteiger partial charge in [-0.2, -0.15) is 0 Å². The molecule has 0 fully saturated rings. The Balaban J connectivity index is 2.34. The van der Waals surface area contributed by atoms with Crippen molar-refractivity contribution in [3.8, 4) is 0 Å².